The Kier molecular flexibility index (Phi) is 31.7. The van der Waals surface area contributed by atoms with Crippen LogP contribution in [0.3, 0.4) is 0 Å². The van der Waals surface area contributed by atoms with Crippen molar-refractivity contribution >= 4 is 0 Å². The minimum Gasteiger partial charge on any atom is -0.106 e. The van der Waals surface area contributed by atoms with Crippen molar-refractivity contribution < 1.29 is 0 Å². The van der Waals surface area contributed by atoms with Crippen LogP contribution in [0.4, 0.5) is 0 Å². The SMILES string of the molecule is C/C=C\CC(C)CCC.C=C.CC. The molecule has 0 aliphatic carbocycles. The summed E-state index contributed by atoms with van der Waals surface area (Å²) in [5, 5.41) is 0. The van der Waals surface area contributed by atoms with Crippen molar-refractivity contribution in [2.45, 2.75) is 53.9 Å². The molecule has 0 heteroatoms. The first-order chi connectivity index (χ1) is 6.31. The van der Waals surface area contributed by atoms with Crippen molar-refractivity contribution in [1.29, 1.82) is 0 Å². The third kappa shape index (κ3) is 24.6. The minimum atomic E-state index is 0.881. The maximum atomic E-state index is 3.00. The molecule has 0 heterocycles. The normalized spacial score (nSPS) is 10.8. The number of rotatable bonds is 4. The minimum absolute atomic E-state index is 0.881. The topological polar surface area (TPSA) is 0 Å². The first kappa shape index (κ1) is 18.3. The van der Waals surface area contributed by atoms with Crippen molar-refractivity contribution in [3.05, 3.63) is 25.3 Å². The van der Waals surface area contributed by atoms with E-state index in [9.17, 15) is 0 Å². The van der Waals surface area contributed by atoms with Crippen molar-refractivity contribution in [3.63, 3.8) is 0 Å². The molecule has 0 spiro atoms. The Morgan fingerprint density at radius 2 is 1.69 bits per heavy atom. The Morgan fingerprint density at radius 1 is 1.23 bits per heavy atom. The van der Waals surface area contributed by atoms with Gasteiger partial charge >= 0.3 is 0 Å². The molecule has 0 radical (unpaired) electrons. The predicted molar refractivity (Wildman–Crippen MR) is 66.1 cm³/mol. The van der Waals surface area contributed by atoms with Gasteiger partial charge in [-0.25, -0.2) is 0 Å². The molecule has 0 fully saturated rings. The van der Waals surface area contributed by atoms with Crippen LogP contribution < -0.4 is 0 Å². The van der Waals surface area contributed by atoms with E-state index in [1.807, 2.05) is 13.8 Å². The van der Waals surface area contributed by atoms with Crippen molar-refractivity contribution in [3.8, 4) is 0 Å². The van der Waals surface area contributed by atoms with E-state index in [0.717, 1.165) is 5.92 Å². The van der Waals surface area contributed by atoms with Gasteiger partial charge in [0.15, 0.2) is 0 Å². The Morgan fingerprint density at radius 3 is 2.00 bits per heavy atom. The van der Waals surface area contributed by atoms with E-state index in [-0.39, 0.29) is 0 Å². The average molecular weight is 184 g/mol. The summed E-state index contributed by atoms with van der Waals surface area (Å²) >= 11 is 0. The molecule has 0 saturated heterocycles. The molecule has 80 valence electrons. The fraction of sp³-hybridized carbons (Fsp3) is 0.692. The molecule has 0 aliphatic rings. The second kappa shape index (κ2) is 22.5. The molecule has 0 aliphatic heterocycles. The van der Waals surface area contributed by atoms with Crippen LogP contribution >= 0.6 is 0 Å². The highest BCUT2D eigenvalue weighted by molar-refractivity contribution is 4.78. The molecule has 0 N–H and O–H groups in total. The summed E-state index contributed by atoms with van der Waals surface area (Å²) in [7, 11) is 0. The summed E-state index contributed by atoms with van der Waals surface area (Å²) in [5.41, 5.74) is 0. The summed E-state index contributed by atoms with van der Waals surface area (Å²) < 4.78 is 0. The van der Waals surface area contributed by atoms with Gasteiger partial charge in [0, 0.05) is 0 Å². The Balaban J connectivity index is -0.000000218. The van der Waals surface area contributed by atoms with E-state index in [1.165, 1.54) is 19.3 Å². The van der Waals surface area contributed by atoms with Crippen molar-refractivity contribution in [1.82, 2.24) is 0 Å². The van der Waals surface area contributed by atoms with Crippen LogP contribution in [0, 0.1) is 5.92 Å². The second-order valence-electron chi connectivity index (χ2n) is 2.70. The van der Waals surface area contributed by atoms with Crippen LogP contribution in [-0.2, 0) is 0 Å². The number of hydrogen-bond donors (Lipinski definition) is 0. The van der Waals surface area contributed by atoms with Crippen LogP contribution in [0.2, 0.25) is 0 Å². The quantitative estimate of drug-likeness (QED) is 0.526. The van der Waals surface area contributed by atoms with Gasteiger partial charge in [0.2, 0.25) is 0 Å². The molecule has 0 bridgehead atoms. The van der Waals surface area contributed by atoms with Crippen molar-refractivity contribution in [2.75, 3.05) is 0 Å². The van der Waals surface area contributed by atoms with E-state index >= 15 is 0 Å². The lowest BCUT2D eigenvalue weighted by Crippen LogP contribution is -1.89. The highest BCUT2D eigenvalue weighted by Crippen LogP contribution is 2.09. The molecule has 0 saturated carbocycles. The van der Waals surface area contributed by atoms with Gasteiger partial charge in [0.05, 0.1) is 0 Å². The van der Waals surface area contributed by atoms with Gasteiger partial charge in [-0.1, -0.05) is 52.7 Å². The molecule has 0 aromatic heterocycles. The number of allylic oxidation sites excluding steroid dienone is 2. The maximum absolute atomic E-state index is 3.00. The summed E-state index contributed by atoms with van der Waals surface area (Å²) in [5.74, 6) is 0.881. The van der Waals surface area contributed by atoms with E-state index in [1.54, 1.807) is 0 Å². The molecule has 0 aromatic carbocycles. The van der Waals surface area contributed by atoms with Crippen LogP contribution in [-0.4, -0.2) is 0 Å². The fourth-order valence-corrected chi connectivity index (χ4v) is 0.979. The predicted octanol–water partition coefficient (Wildman–Crippen LogP) is 5.22. The van der Waals surface area contributed by atoms with Crippen LogP contribution in [0.25, 0.3) is 0 Å². The monoisotopic (exact) mass is 184 g/mol. The zero-order valence-electron chi connectivity index (χ0n) is 10.3. The molecular formula is C13H28. The summed E-state index contributed by atoms with van der Waals surface area (Å²) in [6, 6.07) is 0. The first-order valence-electron chi connectivity index (χ1n) is 5.42. The number of hydrogen-bond acceptors (Lipinski definition) is 0. The molecule has 1 unspecified atom stereocenters. The zero-order chi connectivity index (χ0) is 11.1. The largest absolute Gasteiger partial charge is 0.106 e. The summed E-state index contributed by atoms with van der Waals surface area (Å²) in [4.78, 5) is 0. The average Bonchev–Trinajstić information content (AvgIpc) is 2.21. The lowest BCUT2D eigenvalue weighted by atomic mass is 10.0. The third-order valence-electron chi connectivity index (χ3n) is 1.56. The smallest absolute Gasteiger partial charge is 0.0325 e. The van der Waals surface area contributed by atoms with Gasteiger partial charge in [-0.15, -0.1) is 13.2 Å². The van der Waals surface area contributed by atoms with Crippen molar-refractivity contribution in [2.24, 2.45) is 5.92 Å². The molecule has 1 atom stereocenters. The van der Waals surface area contributed by atoms with E-state index < -0.39 is 0 Å². The lowest BCUT2D eigenvalue weighted by Gasteiger charge is -2.04. The lowest BCUT2D eigenvalue weighted by molar-refractivity contribution is 0.532. The van der Waals surface area contributed by atoms with E-state index in [4.69, 9.17) is 0 Å². The highest BCUT2D eigenvalue weighted by Gasteiger charge is 1.94. The van der Waals surface area contributed by atoms with Gasteiger partial charge in [-0.05, 0) is 19.3 Å². The molecular weight excluding hydrogens is 156 g/mol. The highest BCUT2D eigenvalue weighted by atomic mass is 14.0. The molecule has 0 nitrogen and oxygen atoms in total. The molecule has 13 heavy (non-hydrogen) atoms. The molecule has 0 aromatic rings. The third-order valence-corrected chi connectivity index (χ3v) is 1.56. The van der Waals surface area contributed by atoms with Gasteiger partial charge in [-0.2, -0.15) is 0 Å². The van der Waals surface area contributed by atoms with Crippen LogP contribution in [0.1, 0.15) is 53.9 Å². The summed E-state index contributed by atoms with van der Waals surface area (Å²) in [6.45, 7) is 16.6. The standard InChI is InChI=1S/C9H18.C2H6.C2H4/c1-4-6-8-9(3)7-5-2;2*1-2/h4,6,9H,5,7-8H2,1-3H3;1-2H3;1-2H2/b6-4-;;. The summed E-state index contributed by atoms with van der Waals surface area (Å²) in [6.07, 6.45) is 8.32. The van der Waals surface area contributed by atoms with Gasteiger partial charge in [0.1, 0.15) is 0 Å². The Bertz CT molecular complexity index is 82.0. The van der Waals surface area contributed by atoms with E-state index in [2.05, 4.69) is 46.1 Å². The van der Waals surface area contributed by atoms with Crippen LogP contribution in [0.15, 0.2) is 25.3 Å². The first-order valence-corrected chi connectivity index (χ1v) is 5.42. The van der Waals surface area contributed by atoms with Crippen LogP contribution in [0.5, 0.6) is 0 Å². The van der Waals surface area contributed by atoms with E-state index in [0.29, 0.717) is 0 Å². The van der Waals surface area contributed by atoms with Gasteiger partial charge in [0.25, 0.3) is 0 Å². The zero-order valence-corrected chi connectivity index (χ0v) is 10.3. The Labute approximate surface area is 85.8 Å². The fourth-order valence-electron chi connectivity index (χ4n) is 0.979. The van der Waals surface area contributed by atoms with Gasteiger partial charge < -0.3 is 0 Å². The maximum Gasteiger partial charge on any atom is -0.0325 e. The molecule has 0 amide bonds. The van der Waals surface area contributed by atoms with Gasteiger partial charge in [-0.3, -0.25) is 0 Å². The Hall–Kier alpha value is -0.520. The molecule has 0 rings (SSSR count). The second-order valence-corrected chi connectivity index (χ2v) is 2.70.